The molecule has 5 heteroatoms. The van der Waals surface area contributed by atoms with Gasteiger partial charge in [0.2, 0.25) is 0 Å². The first-order valence-electron chi connectivity index (χ1n) is 7.12. The minimum atomic E-state index is 0.00195. The van der Waals surface area contributed by atoms with Gasteiger partial charge in [0.15, 0.2) is 0 Å². The molecular formula is C15H24ClN3O. The van der Waals surface area contributed by atoms with Crippen molar-refractivity contribution in [2.45, 2.75) is 24.9 Å². The molecule has 4 nitrogen and oxygen atoms in total. The van der Waals surface area contributed by atoms with Gasteiger partial charge in [-0.1, -0.05) is 11.6 Å². The molecule has 3 N–H and O–H groups in total. The van der Waals surface area contributed by atoms with Crippen LogP contribution < -0.4 is 5.73 Å². The summed E-state index contributed by atoms with van der Waals surface area (Å²) in [4.78, 5) is 4.64. The largest absolute Gasteiger partial charge is 0.508 e. The lowest BCUT2D eigenvalue weighted by Crippen LogP contribution is -2.45. The number of nitrogens with zero attached hydrogens (tertiary/aromatic N) is 2. The summed E-state index contributed by atoms with van der Waals surface area (Å²) in [5, 5.41) is 10.7. The Labute approximate surface area is 126 Å². The number of hydrogen-bond acceptors (Lipinski definition) is 4. The van der Waals surface area contributed by atoms with Gasteiger partial charge in [-0.2, -0.15) is 0 Å². The monoisotopic (exact) mass is 297 g/mol. The number of benzene rings is 1. The molecule has 20 heavy (non-hydrogen) atoms. The van der Waals surface area contributed by atoms with E-state index in [9.17, 15) is 5.11 Å². The van der Waals surface area contributed by atoms with E-state index in [0.717, 1.165) is 31.5 Å². The number of likely N-dealkylation sites (tertiary alicyclic amines) is 1. The summed E-state index contributed by atoms with van der Waals surface area (Å²) in [6.45, 7) is 2.68. The van der Waals surface area contributed by atoms with Gasteiger partial charge in [-0.15, -0.1) is 0 Å². The number of phenolic OH excluding ortho intramolecular Hbond substituents is 1. The Bertz CT molecular complexity index is 447. The Morgan fingerprint density at radius 2 is 2.10 bits per heavy atom. The molecule has 0 aromatic heterocycles. The van der Waals surface area contributed by atoms with E-state index < -0.39 is 0 Å². The second kappa shape index (κ2) is 6.76. The van der Waals surface area contributed by atoms with Crippen molar-refractivity contribution in [1.29, 1.82) is 0 Å². The normalized spacial score (nSPS) is 19.4. The number of likely N-dealkylation sites (N-methyl/N-ethyl adjacent to an activating group) is 1. The van der Waals surface area contributed by atoms with E-state index in [1.54, 1.807) is 12.1 Å². The van der Waals surface area contributed by atoms with Crippen LogP contribution in [0.2, 0.25) is 5.02 Å². The fourth-order valence-electron chi connectivity index (χ4n) is 2.96. The number of hydrogen-bond donors (Lipinski definition) is 2. The van der Waals surface area contributed by atoms with Gasteiger partial charge in [-0.05, 0) is 58.2 Å². The van der Waals surface area contributed by atoms with Crippen molar-refractivity contribution in [3.05, 3.63) is 28.8 Å². The van der Waals surface area contributed by atoms with Gasteiger partial charge in [0.25, 0.3) is 0 Å². The van der Waals surface area contributed by atoms with E-state index in [0.29, 0.717) is 17.6 Å². The molecule has 1 aliphatic rings. The fraction of sp³-hybridized carbons (Fsp3) is 0.600. The summed E-state index contributed by atoms with van der Waals surface area (Å²) < 4.78 is 0. The first-order chi connectivity index (χ1) is 9.52. The van der Waals surface area contributed by atoms with Crippen LogP contribution in [0.3, 0.4) is 0 Å². The molecule has 1 saturated heterocycles. The number of nitrogens with two attached hydrogens (primary N) is 1. The van der Waals surface area contributed by atoms with Gasteiger partial charge in [0.05, 0.1) is 6.04 Å². The molecular weight excluding hydrogens is 274 g/mol. The molecule has 1 atom stereocenters. The topological polar surface area (TPSA) is 52.7 Å². The lowest BCUT2D eigenvalue weighted by molar-refractivity contribution is 0.108. The Kier molecular flexibility index (Phi) is 5.27. The quantitative estimate of drug-likeness (QED) is 0.893. The van der Waals surface area contributed by atoms with Crippen LogP contribution in [0.4, 0.5) is 0 Å². The molecule has 1 heterocycles. The number of piperidine rings is 1. The van der Waals surface area contributed by atoms with E-state index in [-0.39, 0.29) is 11.8 Å². The van der Waals surface area contributed by atoms with Gasteiger partial charge in [-0.3, -0.25) is 4.90 Å². The zero-order valence-electron chi connectivity index (χ0n) is 12.2. The van der Waals surface area contributed by atoms with Crippen LogP contribution in [0.15, 0.2) is 18.2 Å². The second-order valence-corrected chi connectivity index (χ2v) is 6.09. The molecule has 1 aliphatic heterocycles. The first-order valence-corrected chi connectivity index (χ1v) is 7.49. The average molecular weight is 298 g/mol. The molecule has 0 radical (unpaired) electrons. The SMILES string of the molecule is CN1CCC(N(C)C(CN)c2cc(Cl)ccc2O)CC1. The zero-order valence-corrected chi connectivity index (χ0v) is 13.0. The highest BCUT2D eigenvalue weighted by atomic mass is 35.5. The lowest BCUT2D eigenvalue weighted by atomic mass is 9.98. The molecule has 0 spiro atoms. The van der Waals surface area contributed by atoms with E-state index >= 15 is 0 Å². The molecule has 0 amide bonds. The third-order valence-electron chi connectivity index (χ3n) is 4.33. The van der Waals surface area contributed by atoms with Crippen molar-refractivity contribution < 1.29 is 5.11 Å². The first kappa shape index (κ1) is 15.6. The highest BCUT2D eigenvalue weighted by Crippen LogP contribution is 2.32. The molecule has 0 aliphatic carbocycles. The van der Waals surface area contributed by atoms with Crippen LogP contribution in [0, 0.1) is 0 Å². The van der Waals surface area contributed by atoms with Crippen LogP contribution in [0.25, 0.3) is 0 Å². The third kappa shape index (κ3) is 3.44. The predicted octanol–water partition coefficient (Wildman–Crippen LogP) is 2.07. The van der Waals surface area contributed by atoms with E-state index in [1.807, 2.05) is 6.07 Å². The minimum absolute atomic E-state index is 0.00195. The van der Waals surface area contributed by atoms with Gasteiger partial charge in [0, 0.05) is 23.2 Å². The third-order valence-corrected chi connectivity index (χ3v) is 4.56. The number of aromatic hydroxyl groups is 1. The van der Waals surface area contributed by atoms with Crippen molar-refractivity contribution in [2.75, 3.05) is 33.7 Å². The van der Waals surface area contributed by atoms with E-state index in [4.69, 9.17) is 17.3 Å². The van der Waals surface area contributed by atoms with Gasteiger partial charge in [-0.25, -0.2) is 0 Å². The average Bonchev–Trinajstić information content (AvgIpc) is 2.44. The Morgan fingerprint density at radius 3 is 2.70 bits per heavy atom. The number of rotatable bonds is 4. The van der Waals surface area contributed by atoms with Crippen LogP contribution in [-0.2, 0) is 0 Å². The van der Waals surface area contributed by atoms with Crippen LogP contribution in [0.1, 0.15) is 24.4 Å². The van der Waals surface area contributed by atoms with E-state index in [2.05, 4.69) is 23.9 Å². The van der Waals surface area contributed by atoms with Crippen molar-refractivity contribution in [3.63, 3.8) is 0 Å². The fourth-order valence-corrected chi connectivity index (χ4v) is 3.14. The Hall–Kier alpha value is -0.810. The molecule has 0 saturated carbocycles. The van der Waals surface area contributed by atoms with Gasteiger partial charge < -0.3 is 15.7 Å². The smallest absolute Gasteiger partial charge is 0.120 e. The maximum atomic E-state index is 10.1. The maximum Gasteiger partial charge on any atom is 0.120 e. The van der Waals surface area contributed by atoms with E-state index in [1.165, 1.54) is 0 Å². The van der Waals surface area contributed by atoms with Gasteiger partial charge in [0.1, 0.15) is 5.75 Å². The molecule has 1 aromatic carbocycles. The number of phenols is 1. The van der Waals surface area contributed by atoms with Crippen molar-refractivity contribution in [3.8, 4) is 5.75 Å². The standard InChI is InChI=1S/C15H24ClN3O/c1-18-7-5-12(6-8-18)19(2)14(10-17)13-9-11(16)3-4-15(13)20/h3-4,9,12,14,20H,5-8,10,17H2,1-2H3. The second-order valence-electron chi connectivity index (χ2n) is 5.65. The van der Waals surface area contributed by atoms with Gasteiger partial charge >= 0.3 is 0 Å². The summed E-state index contributed by atoms with van der Waals surface area (Å²) in [6.07, 6.45) is 2.26. The minimum Gasteiger partial charge on any atom is -0.508 e. The summed E-state index contributed by atoms with van der Waals surface area (Å²) in [5.74, 6) is 0.268. The summed E-state index contributed by atoms with van der Waals surface area (Å²) in [6, 6.07) is 5.66. The molecule has 0 bridgehead atoms. The highest BCUT2D eigenvalue weighted by molar-refractivity contribution is 6.30. The summed E-state index contributed by atoms with van der Waals surface area (Å²) in [7, 11) is 4.24. The molecule has 1 fully saturated rings. The van der Waals surface area contributed by atoms with Crippen molar-refractivity contribution in [1.82, 2.24) is 9.80 Å². The van der Waals surface area contributed by atoms with Crippen LogP contribution in [0.5, 0.6) is 5.75 Å². The Morgan fingerprint density at radius 1 is 1.45 bits per heavy atom. The van der Waals surface area contributed by atoms with Crippen LogP contribution >= 0.6 is 11.6 Å². The molecule has 2 rings (SSSR count). The highest BCUT2D eigenvalue weighted by Gasteiger charge is 2.27. The molecule has 112 valence electrons. The van der Waals surface area contributed by atoms with Crippen LogP contribution in [-0.4, -0.2) is 54.7 Å². The van der Waals surface area contributed by atoms with Crippen molar-refractivity contribution in [2.24, 2.45) is 5.73 Å². The maximum absolute atomic E-state index is 10.1. The molecule has 1 aromatic rings. The van der Waals surface area contributed by atoms with Crippen molar-refractivity contribution >= 4 is 11.6 Å². The summed E-state index contributed by atoms with van der Waals surface area (Å²) >= 11 is 6.05. The lowest BCUT2D eigenvalue weighted by Gasteiger charge is -2.39. The number of halogens is 1. The Balaban J connectivity index is 2.16. The zero-order chi connectivity index (χ0) is 14.7. The molecule has 1 unspecified atom stereocenters. The summed E-state index contributed by atoms with van der Waals surface area (Å²) in [5.41, 5.74) is 6.77. The predicted molar refractivity (Wildman–Crippen MR) is 83.2 cm³/mol.